The molecule has 27 heavy (non-hydrogen) atoms. The van der Waals surface area contributed by atoms with Gasteiger partial charge in [-0.15, -0.1) is 5.10 Å². The van der Waals surface area contributed by atoms with Gasteiger partial charge in [0.05, 0.1) is 24.0 Å². The molecule has 2 aromatic heterocycles. The third-order valence-electron chi connectivity index (χ3n) is 5.06. The van der Waals surface area contributed by atoms with Crippen LogP contribution in [0.3, 0.4) is 0 Å². The van der Waals surface area contributed by atoms with E-state index < -0.39 is 12.0 Å². The number of halogens is 2. The van der Waals surface area contributed by atoms with Crippen LogP contribution in [0.5, 0.6) is 6.01 Å². The summed E-state index contributed by atoms with van der Waals surface area (Å²) in [5, 5.41) is 7.35. The van der Waals surface area contributed by atoms with E-state index in [0.29, 0.717) is 25.0 Å². The molecular weight excluding hydrogens is 354 g/mol. The van der Waals surface area contributed by atoms with Crippen LogP contribution in [-0.2, 0) is 6.42 Å². The molecule has 0 spiro atoms. The first-order valence-electron chi connectivity index (χ1n) is 9.56. The van der Waals surface area contributed by atoms with Gasteiger partial charge in [-0.2, -0.15) is 4.98 Å². The molecule has 1 fully saturated rings. The molecule has 0 radical (unpaired) electrons. The van der Waals surface area contributed by atoms with E-state index in [1.165, 1.54) is 0 Å². The number of aromatic nitrogens is 4. The van der Waals surface area contributed by atoms with Gasteiger partial charge < -0.3 is 15.8 Å². The van der Waals surface area contributed by atoms with Crippen LogP contribution in [0.4, 0.5) is 14.6 Å². The summed E-state index contributed by atoms with van der Waals surface area (Å²) in [5.41, 5.74) is 7.30. The maximum Gasteiger partial charge on any atom is 0.336 e. The number of hydrogen-bond donors (Lipinski definition) is 2. The molecule has 0 aromatic carbocycles. The molecular formula is C18H28F2N6O. The van der Waals surface area contributed by atoms with Gasteiger partial charge in [0.1, 0.15) is 0 Å². The molecule has 3 rings (SSSR count). The van der Waals surface area contributed by atoms with Crippen LogP contribution >= 0.6 is 0 Å². The van der Waals surface area contributed by atoms with Crippen molar-refractivity contribution in [1.29, 1.82) is 0 Å². The van der Waals surface area contributed by atoms with Gasteiger partial charge in [0, 0.05) is 6.92 Å². The molecule has 150 valence electrons. The maximum absolute atomic E-state index is 13.7. The molecule has 1 aliphatic heterocycles. The van der Waals surface area contributed by atoms with Crippen LogP contribution in [0.1, 0.15) is 52.1 Å². The average molecular weight is 382 g/mol. The summed E-state index contributed by atoms with van der Waals surface area (Å²) in [7, 11) is 0. The molecule has 3 heterocycles. The molecule has 0 bridgehead atoms. The molecule has 0 saturated carbocycles. The topological polar surface area (TPSA) is 90.4 Å². The number of alkyl halides is 2. The molecule has 3 N–H and O–H groups in total. The van der Waals surface area contributed by atoms with Gasteiger partial charge in [0.25, 0.3) is 5.92 Å². The number of nitrogens with two attached hydrogens (primary N) is 1. The molecule has 9 heteroatoms. The van der Waals surface area contributed by atoms with Crippen molar-refractivity contribution < 1.29 is 13.5 Å². The Bertz CT molecular complexity index is 775. The van der Waals surface area contributed by atoms with E-state index in [-0.39, 0.29) is 23.9 Å². The number of anilines is 1. The smallest absolute Gasteiger partial charge is 0.336 e. The summed E-state index contributed by atoms with van der Waals surface area (Å²) in [6.07, 6.45) is 5.41. The van der Waals surface area contributed by atoms with Crippen molar-refractivity contribution >= 4 is 11.5 Å². The van der Waals surface area contributed by atoms with Crippen molar-refractivity contribution in [3.05, 3.63) is 11.9 Å². The monoisotopic (exact) mass is 382 g/mol. The Morgan fingerprint density at radius 2 is 2.26 bits per heavy atom. The summed E-state index contributed by atoms with van der Waals surface area (Å²) < 4.78 is 34.7. The highest BCUT2D eigenvalue weighted by atomic mass is 19.3. The lowest BCUT2D eigenvalue weighted by Crippen LogP contribution is -2.48. The minimum absolute atomic E-state index is 0.0178. The molecule has 2 unspecified atom stereocenters. The molecule has 2 aromatic rings. The zero-order valence-corrected chi connectivity index (χ0v) is 16.1. The number of nitrogen functional groups attached to an aromatic ring is 1. The van der Waals surface area contributed by atoms with E-state index in [9.17, 15) is 8.78 Å². The van der Waals surface area contributed by atoms with Crippen LogP contribution in [0.25, 0.3) is 5.65 Å². The van der Waals surface area contributed by atoms with Crippen LogP contribution in [-0.4, -0.2) is 44.2 Å². The molecule has 0 amide bonds. The predicted octanol–water partition coefficient (Wildman–Crippen LogP) is 2.84. The zero-order valence-electron chi connectivity index (χ0n) is 16.1. The van der Waals surface area contributed by atoms with Gasteiger partial charge >= 0.3 is 6.01 Å². The van der Waals surface area contributed by atoms with Crippen molar-refractivity contribution in [2.45, 2.75) is 70.9 Å². The second kappa shape index (κ2) is 7.92. The predicted molar refractivity (Wildman–Crippen MR) is 99.0 cm³/mol. The number of hydrogen-bond acceptors (Lipinski definition) is 6. The second-order valence-corrected chi connectivity index (χ2v) is 7.54. The molecule has 0 aliphatic carbocycles. The quantitative estimate of drug-likeness (QED) is 0.765. The van der Waals surface area contributed by atoms with E-state index in [1.807, 2.05) is 6.92 Å². The fourth-order valence-corrected chi connectivity index (χ4v) is 3.63. The number of rotatable bonds is 7. The minimum atomic E-state index is -2.73. The van der Waals surface area contributed by atoms with Gasteiger partial charge in [0.15, 0.2) is 11.5 Å². The SMILES string of the molecule is CCC[C@H](C)Oc1nc(N)c2ncc(CC3CCNC(C(C)(F)F)C3)n2n1. The van der Waals surface area contributed by atoms with Gasteiger partial charge in [-0.05, 0) is 45.1 Å². The first-order valence-corrected chi connectivity index (χ1v) is 9.56. The molecule has 7 nitrogen and oxygen atoms in total. The fourth-order valence-electron chi connectivity index (χ4n) is 3.63. The Hall–Kier alpha value is -2.03. The fraction of sp³-hybridized carbons (Fsp3) is 0.722. The molecule has 3 atom stereocenters. The number of nitrogens with one attached hydrogen (secondary N) is 1. The average Bonchev–Trinajstić information content (AvgIpc) is 2.98. The van der Waals surface area contributed by atoms with Gasteiger partial charge in [0.2, 0.25) is 0 Å². The number of ether oxygens (including phenoxy) is 1. The number of piperidine rings is 1. The second-order valence-electron chi connectivity index (χ2n) is 7.54. The Morgan fingerprint density at radius 1 is 1.48 bits per heavy atom. The first kappa shape index (κ1) is 19.7. The number of fused-ring (bicyclic) bond motifs is 1. The highest BCUT2D eigenvalue weighted by molar-refractivity contribution is 5.59. The standard InChI is InChI=1S/C18H28F2N6O/c1-4-5-11(2)27-17-24-15(21)16-23-10-13(26(16)25-17)8-12-6-7-22-14(9-12)18(3,19)20/h10-12,14,22H,4-9H2,1-3H3,(H2,21,24,25)/t11-,12?,14?/m0/s1. The number of imidazole rings is 1. The summed E-state index contributed by atoms with van der Waals surface area (Å²) in [6, 6.07) is -0.590. The van der Waals surface area contributed by atoms with E-state index in [0.717, 1.165) is 31.9 Å². The van der Waals surface area contributed by atoms with Crippen molar-refractivity contribution in [1.82, 2.24) is 24.9 Å². The summed E-state index contributed by atoms with van der Waals surface area (Å²) >= 11 is 0. The summed E-state index contributed by atoms with van der Waals surface area (Å²) in [5.74, 6) is -2.36. The van der Waals surface area contributed by atoms with Crippen LogP contribution in [0, 0.1) is 5.92 Å². The van der Waals surface area contributed by atoms with Crippen molar-refractivity contribution in [3.63, 3.8) is 0 Å². The highest BCUT2D eigenvalue weighted by Crippen LogP contribution is 2.29. The minimum Gasteiger partial charge on any atom is -0.459 e. The van der Waals surface area contributed by atoms with E-state index >= 15 is 0 Å². The Labute approximate surface area is 157 Å². The zero-order chi connectivity index (χ0) is 19.6. The van der Waals surface area contributed by atoms with Gasteiger partial charge in [-0.25, -0.2) is 18.3 Å². The largest absolute Gasteiger partial charge is 0.459 e. The third-order valence-corrected chi connectivity index (χ3v) is 5.06. The lowest BCUT2D eigenvalue weighted by Gasteiger charge is -2.33. The van der Waals surface area contributed by atoms with E-state index in [2.05, 4.69) is 27.3 Å². The Morgan fingerprint density at radius 3 is 2.96 bits per heavy atom. The Kier molecular flexibility index (Phi) is 5.78. The molecule has 1 aliphatic rings. The van der Waals surface area contributed by atoms with Crippen LogP contribution < -0.4 is 15.8 Å². The lowest BCUT2D eigenvalue weighted by atomic mass is 9.87. The first-order chi connectivity index (χ1) is 12.8. The van der Waals surface area contributed by atoms with Crippen molar-refractivity contribution in [2.75, 3.05) is 12.3 Å². The number of nitrogens with zero attached hydrogens (tertiary/aromatic N) is 4. The maximum atomic E-state index is 13.7. The van der Waals surface area contributed by atoms with Gasteiger partial charge in [-0.1, -0.05) is 13.3 Å². The normalized spacial score (nSPS) is 22.1. The van der Waals surface area contributed by atoms with E-state index in [1.54, 1.807) is 10.7 Å². The highest BCUT2D eigenvalue weighted by Gasteiger charge is 2.37. The Balaban J connectivity index is 1.79. The van der Waals surface area contributed by atoms with Crippen molar-refractivity contribution in [3.8, 4) is 6.01 Å². The summed E-state index contributed by atoms with van der Waals surface area (Å²) in [6.45, 7) is 5.59. The van der Waals surface area contributed by atoms with E-state index in [4.69, 9.17) is 10.5 Å². The van der Waals surface area contributed by atoms with Gasteiger partial charge in [-0.3, -0.25) is 0 Å². The summed E-state index contributed by atoms with van der Waals surface area (Å²) in [4.78, 5) is 8.48. The molecule has 1 saturated heterocycles. The van der Waals surface area contributed by atoms with Crippen LogP contribution in [0.15, 0.2) is 6.20 Å². The van der Waals surface area contributed by atoms with Crippen molar-refractivity contribution in [2.24, 2.45) is 5.92 Å². The van der Waals surface area contributed by atoms with Crippen LogP contribution in [0.2, 0.25) is 0 Å². The lowest BCUT2D eigenvalue weighted by molar-refractivity contribution is -0.0336. The third kappa shape index (κ3) is 4.63.